The third kappa shape index (κ3) is 2.16. The summed E-state index contributed by atoms with van der Waals surface area (Å²) < 4.78 is 5.39. The molecule has 0 spiro atoms. The molecule has 1 heterocycles. The minimum absolute atomic E-state index is 0.0323. The van der Waals surface area contributed by atoms with E-state index in [2.05, 4.69) is 5.32 Å². The van der Waals surface area contributed by atoms with Crippen molar-refractivity contribution in [2.24, 2.45) is 0 Å². The number of nitrogens with zero attached hydrogens (tertiary/aromatic N) is 1. The minimum atomic E-state index is -0.190. The number of carbonyl (C=O) groups is 2. The molecule has 0 bridgehead atoms. The van der Waals surface area contributed by atoms with Crippen molar-refractivity contribution in [3.05, 3.63) is 23.8 Å². The van der Waals surface area contributed by atoms with Crippen LogP contribution in [-0.4, -0.2) is 31.5 Å². The van der Waals surface area contributed by atoms with E-state index in [1.165, 1.54) is 4.90 Å². The standard InChI is InChI=1S/C13H16N2O3/c1-8(2)14-13(17)9-5-4-6-10-12(9)18-7-11(16)15(10)3/h4-6,8H,7H2,1-3H3,(H,14,17). The van der Waals surface area contributed by atoms with Crippen molar-refractivity contribution in [2.45, 2.75) is 19.9 Å². The van der Waals surface area contributed by atoms with Crippen molar-refractivity contribution >= 4 is 17.5 Å². The maximum Gasteiger partial charge on any atom is 0.264 e. The van der Waals surface area contributed by atoms with Crippen LogP contribution in [0.15, 0.2) is 18.2 Å². The van der Waals surface area contributed by atoms with Crippen LogP contribution in [0.5, 0.6) is 5.75 Å². The topological polar surface area (TPSA) is 58.6 Å². The van der Waals surface area contributed by atoms with Crippen molar-refractivity contribution < 1.29 is 14.3 Å². The van der Waals surface area contributed by atoms with Gasteiger partial charge < -0.3 is 15.0 Å². The normalized spacial score (nSPS) is 14.2. The number of hydrogen-bond donors (Lipinski definition) is 1. The number of para-hydroxylation sites is 1. The lowest BCUT2D eigenvalue weighted by Crippen LogP contribution is -2.37. The second-order valence-electron chi connectivity index (χ2n) is 4.52. The third-order valence-electron chi connectivity index (χ3n) is 2.73. The molecular weight excluding hydrogens is 232 g/mol. The molecule has 0 saturated carbocycles. The Bertz CT molecular complexity index is 497. The molecule has 1 aliphatic heterocycles. The maximum absolute atomic E-state index is 12.0. The molecule has 18 heavy (non-hydrogen) atoms. The molecule has 0 fully saturated rings. The summed E-state index contributed by atoms with van der Waals surface area (Å²) in [5, 5.41) is 2.81. The fourth-order valence-corrected chi connectivity index (χ4v) is 1.82. The number of benzene rings is 1. The first-order valence-corrected chi connectivity index (χ1v) is 5.84. The molecule has 2 rings (SSSR count). The van der Waals surface area contributed by atoms with Gasteiger partial charge in [0.1, 0.15) is 0 Å². The summed E-state index contributed by atoms with van der Waals surface area (Å²) in [6.07, 6.45) is 0. The Balaban J connectivity index is 2.40. The van der Waals surface area contributed by atoms with Crippen molar-refractivity contribution in [1.29, 1.82) is 0 Å². The molecule has 0 aromatic heterocycles. The van der Waals surface area contributed by atoms with Gasteiger partial charge in [0.05, 0.1) is 11.3 Å². The average molecular weight is 248 g/mol. The van der Waals surface area contributed by atoms with Crippen LogP contribution in [0.25, 0.3) is 0 Å². The molecule has 5 heteroatoms. The average Bonchev–Trinajstić information content (AvgIpc) is 2.32. The summed E-state index contributed by atoms with van der Waals surface area (Å²) in [7, 11) is 1.67. The van der Waals surface area contributed by atoms with E-state index >= 15 is 0 Å². The number of likely N-dealkylation sites (N-methyl/N-ethyl adjacent to an activating group) is 1. The van der Waals surface area contributed by atoms with Crippen LogP contribution >= 0.6 is 0 Å². The predicted octanol–water partition coefficient (Wildman–Crippen LogP) is 1.18. The summed E-state index contributed by atoms with van der Waals surface area (Å²) >= 11 is 0. The van der Waals surface area contributed by atoms with Crippen LogP contribution < -0.4 is 15.0 Å². The molecule has 0 aliphatic carbocycles. The summed E-state index contributed by atoms with van der Waals surface area (Å²) in [6, 6.07) is 5.25. The number of fused-ring (bicyclic) bond motifs is 1. The minimum Gasteiger partial charge on any atom is -0.481 e. The fraction of sp³-hybridized carbons (Fsp3) is 0.385. The number of carbonyl (C=O) groups excluding carboxylic acids is 2. The first-order chi connectivity index (χ1) is 8.50. The maximum atomic E-state index is 12.0. The largest absolute Gasteiger partial charge is 0.481 e. The highest BCUT2D eigenvalue weighted by Gasteiger charge is 2.26. The van der Waals surface area contributed by atoms with E-state index in [9.17, 15) is 9.59 Å². The molecule has 1 aliphatic rings. The first-order valence-electron chi connectivity index (χ1n) is 5.84. The van der Waals surface area contributed by atoms with Gasteiger partial charge in [-0.05, 0) is 26.0 Å². The smallest absolute Gasteiger partial charge is 0.264 e. The van der Waals surface area contributed by atoms with Crippen molar-refractivity contribution in [3.8, 4) is 5.75 Å². The van der Waals surface area contributed by atoms with E-state index in [4.69, 9.17) is 4.74 Å². The molecule has 1 N–H and O–H groups in total. The Kier molecular flexibility index (Phi) is 3.23. The molecular formula is C13H16N2O3. The van der Waals surface area contributed by atoms with Gasteiger partial charge in [-0.15, -0.1) is 0 Å². The Morgan fingerprint density at radius 2 is 2.17 bits per heavy atom. The Morgan fingerprint density at radius 3 is 2.83 bits per heavy atom. The van der Waals surface area contributed by atoms with Crippen LogP contribution in [0, 0.1) is 0 Å². The predicted molar refractivity (Wildman–Crippen MR) is 67.9 cm³/mol. The van der Waals surface area contributed by atoms with Crippen molar-refractivity contribution in [1.82, 2.24) is 5.32 Å². The van der Waals surface area contributed by atoms with Crippen LogP contribution in [0.4, 0.5) is 5.69 Å². The Hall–Kier alpha value is -2.04. The zero-order chi connectivity index (χ0) is 13.3. The Labute approximate surface area is 106 Å². The monoisotopic (exact) mass is 248 g/mol. The van der Waals surface area contributed by atoms with E-state index in [1.807, 2.05) is 13.8 Å². The fourth-order valence-electron chi connectivity index (χ4n) is 1.82. The lowest BCUT2D eigenvalue weighted by Gasteiger charge is -2.27. The summed E-state index contributed by atoms with van der Waals surface area (Å²) in [5.41, 5.74) is 1.09. The SMILES string of the molecule is CC(C)NC(=O)c1cccc2c1OCC(=O)N2C. The van der Waals surface area contributed by atoms with Gasteiger partial charge >= 0.3 is 0 Å². The molecule has 0 radical (unpaired) electrons. The highest BCUT2D eigenvalue weighted by molar-refractivity contribution is 6.04. The third-order valence-corrected chi connectivity index (χ3v) is 2.73. The first kappa shape index (κ1) is 12.4. The van der Waals surface area contributed by atoms with Gasteiger partial charge in [-0.2, -0.15) is 0 Å². The lowest BCUT2D eigenvalue weighted by molar-refractivity contribution is -0.121. The number of rotatable bonds is 2. The van der Waals surface area contributed by atoms with Gasteiger partial charge in [0.2, 0.25) is 0 Å². The zero-order valence-corrected chi connectivity index (χ0v) is 10.7. The molecule has 0 unspecified atom stereocenters. The number of ether oxygens (including phenoxy) is 1. The number of nitrogens with one attached hydrogen (secondary N) is 1. The highest BCUT2D eigenvalue weighted by atomic mass is 16.5. The molecule has 0 atom stereocenters. The number of amides is 2. The highest BCUT2D eigenvalue weighted by Crippen LogP contribution is 2.34. The van der Waals surface area contributed by atoms with Gasteiger partial charge in [-0.25, -0.2) is 0 Å². The summed E-state index contributed by atoms with van der Waals surface area (Å²) in [5.74, 6) is 0.159. The Morgan fingerprint density at radius 1 is 1.44 bits per heavy atom. The van der Waals surface area contributed by atoms with E-state index < -0.39 is 0 Å². The van der Waals surface area contributed by atoms with Crippen LogP contribution in [0.3, 0.4) is 0 Å². The van der Waals surface area contributed by atoms with E-state index in [-0.39, 0.29) is 24.5 Å². The number of anilines is 1. The molecule has 1 aromatic rings. The zero-order valence-electron chi connectivity index (χ0n) is 10.7. The van der Waals surface area contributed by atoms with Gasteiger partial charge in [0.25, 0.3) is 11.8 Å². The quantitative estimate of drug-likeness (QED) is 0.855. The van der Waals surface area contributed by atoms with Gasteiger partial charge in [0.15, 0.2) is 12.4 Å². The van der Waals surface area contributed by atoms with Gasteiger partial charge in [-0.1, -0.05) is 6.07 Å². The number of hydrogen-bond acceptors (Lipinski definition) is 3. The van der Waals surface area contributed by atoms with E-state index in [0.717, 1.165) is 0 Å². The van der Waals surface area contributed by atoms with Crippen LogP contribution in [0.2, 0.25) is 0 Å². The van der Waals surface area contributed by atoms with E-state index in [1.54, 1.807) is 25.2 Å². The lowest BCUT2D eigenvalue weighted by atomic mass is 10.1. The van der Waals surface area contributed by atoms with Gasteiger partial charge in [-0.3, -0.25) is 9.59 Å². The van der Waals surface area contributed by atoms with Crippen molar-refractivity contribution in [3.63, 3.8) is 0 Å². The van der Waals surface area contributed by atoms with Crippen LogP contribution in [0.1, 0.15) is 24.2 Å². The van der Waals surface area contributed by atoms with E-state index in [0.29, 0.717) is 17.0 Å². The van der Waals surface area contributed by atoms with Crippen molar-refractivity contribution in [2.75, 3.05) is 18.6 Å². The molecule has 5 nitrogen and oxygen atoms in total. The van der Waals surface area contributed by atoms with Gasteiger partial charge in [0, 0.05) is 13.1 Å². The molecule has 2 amide bonds. The molecule has 0 saturated heterocycles. The molecule has 96 valence electrons. The molecule has 1 aromatic carbocycles. The second-order valence-corrected chi connectivity index (χ2v) is 4.52. The summed E-state index contributed by atoms with van der Waals surface area (Å²) in [6.45, 7) is 3.75. The van der Waals surface area contributed by atoms with Crippen LogP contribution in [-0.2, 0) is 4.79 Å². The second kappa shape index (κ2) is 4.68. The summed E-state index contributed by atoms with van der Waals surface area (Å²) in [4.78, 5) is 25.0.